The molecular weight excluding hydrogens is 1540 g/mol. The molecule has 588 valence electrons. The van der Waals surface area contributed by atoms with Crippen LogP contribution in [0.4, 0.5) is 0 Å². The molecule has 0 radical (unpaired) electrons. The van der Waals surface area contributed by atoms with Crippen LogP contribution in [-0.4, -0.2) is 89.1 Å². The second-order valence-electron chi connectivity index (χ2n) is 29.6. The molecular formula is C107H70N18. The third-order valence-electron chi connectivity index (χ3n) is 21.8. The summed E-state index contributed by atoms with van der Waals surface area (Å²) in [5.74, 6) is 3.81. The van der Waals surface area contributed by atoms with Gasteiger partial charge in [0.15, 0.2) is 34.9 Å². The van der Waals surface area contributed by atoms with Gasteiger partial charge >= 0.3 is 0 Å². The largest absolute Gasteiger partial charge is 0.272 e. The Morgan fingerprint density at radius 3 is 0.848 bits per heavy atom. The molecule has 23 aromatic rings. The lowest BCUT2D eigenvalue weighted by molar-refractivity contribution is 1.05. The van der Waals surface area contributed by atoms with E-state index in [0.29, 0.717) is 52.0 Å². The third kappa shape index (κ3) is 15.2. The molecule has 0 amide bonds. The Bertz CT molecular complexity index is 7860. The molecule has 0 spiro atoms. The molecule has 0 aliphatic rings. The Balaban J connectivity index is 0.000000115. The van der Waals surface area contributed by atoms with Crippen LogP contribution < -0.4 is 0 Å². The number of para-hydroxylation sites is 3. The van der Waals surface area contributed by atoms with Gasteiger partial charge in [0.05, 0.1) is 51.2 Å². The van der Waals surface area contributed by atoms with Crippen LogP contribution in [0.1, 0.15) is 0 Å². The highest BCUT2D eigenvalue weighted by Gasteiger charge is 2.25. The van der Waals surface area contributed by atoms with E-state index in [1.54, 1.807) is 18.6 Å². The molecule has 0 aliphatic heterocycles. The molecule has 12 heterocycles. The highest BCUT2D eigenvalue weighted by molar-refractivity contribution is 6.14. The fraction of sp³-hybridized carbons (Fsp3) is 0. The average Bonchev–Trinajstić information content (AvgIpc) is 0.931. The number of pyridine rings is 9. The van der Waals surface area contributed by atoms with Crippen LogP contribution in [0, 0.1) is 0 Å². The molecule has 0 N–H and O–H groups in total. The zero-order valence-corrected chi connectivity index (χ0v) is 67.0. The van der Waals surface area contributed by atoms with E-state index in [9.17, 15) is 0 Å². The Hall–Kier alpha value is -17.5. The standard InChI is InChI=1S/2C37H24N6.C33H22N6/c1-2-11-28(12-3-1)43-36(41-42-37(43)35-18-9-16-33(40-35)32-14-6-7-23-38-32)34-17-8-15-31(39-34)27-21-22-30-26(24-27)20-19-25-10-4-5-13-29(25)30;1-2-13-26(14-3-1)43-36(41-42-37(43)35-22-11-20-33(40-35)32-18-8-9-23-38-32)34-21-10-19-31(39-34)30-24-25-12-4-5-15-27(25)28-16-6-7-17-29(28)30;1-2-12-26(13-3-1)39-32(37-38-33(39)31-18-9-16-29(36-31)28-14-6-7-21-34-28)30-17-8-15-27(35-30)25-20-19-23-10-4-5-11-24(23)22-25/h2*1-24H;1-22H. The highest BCUT2D eigenvalue weighted by atomic mass is 15.3. The molecule has 0 saturated heterocycles. The number of fused-ring (bicyclic) bond motifs is 7. The first-order chi connectivity index (χ1) is 62.0. The summed E-state index contributed by atoms with van der Waals surface area (Å²) in [5.41, 5.74) is 17.5. The van der Waals surface area contributed by atoms with Crippen molar-refractivity contribution in [1.29, 1.82) is 0 Å². The second kappa shape index (κ2) is 33.7. The van der Waals surface area contributed by atoms with Crippen molar-refractivity contribution in [3.63, 3.8) is 0 Å². The quantitative estimate of drug-likeness (QED) is 0.0875. The van der Waals surface area contributed by atoms with Gasteiger partial charge in [-0.15, -0.1) is 30.6 Å². The summed E-state index contributed by atoms with van der Waals surface area (Å²) in [6.07, 6.45) is 5.30. The summed E-state index contributed by atoms with van der Waals surface area (Å²) in [7, 11) is 0. The maximum absolute atomic E-state index is 5.17. The van der Waals surface area contributed by atoms with Crippen molar-refractivity contribution in [2.75, 3.05) is 0 Å². The van der Waals surface area contributed by atoms with Gasteiger partial charge in [0.1, 0.15) is 34.2 Å². The molecule has 23 rings (SSSR count). The van der Waals surface area contributed by atoms with Crippen molar-refractivity contribution >= 4 is 53.9 Å². The lowest BCUT2D eigenvalue weighted by atomic mass is 9.95. The maximum Gasteiger partial charge on any atom is 0.187 e. The minimum absolute atomic E-state index is 0.627. The van der Waals surface area contributed by atoms with Gasteiger partial charge in [0.25, 0.3) is 0 Å². The van der Waals surface area contributed by atoms with Crippen molar-refractivity contribution in [3.05, 3.63) is 425 Å². The first-order valence-corrected chi connectivity index (χ1v) is 40.9. The molecule has 0 bridgehead atoms. The van der Waals surface area contributed by atoms with Crippen LogP contribution in [-0.2, 0) is 0 Å². The third-order valence-corrected chi connectivity index (χ3v) is 21.8. The van der Waals surface area contributed by atoms with E-state index in [0.717, 1.165) is 107 Å². The summed E-state index contributed by atoms with van der Waals surface area (Å²) in [6.45, 7) is 0. The zero-order valence-electron chi connectivity index (χ0n) is 67.0. The van der Waals surface area contributed by atoms with Gasteiger partial charge in [-0.25, -0.2) is 29.9 Å². The van der Waals surface area contributed by atoms with Crippen molar-refractivity contribution in [1.82, 2.24) is 89.1 Å². The van der Waals surface area contributed by atoms with E-state index in [4.69, 9.17) is 29.9 Å². The van der Waals surface area contributed by atoms with Crippen molar-refractivity contribution in [2.45, 2.75) is 0 Å². The number of rotatable bonds is 15. The van der Waals surface area contributed by atoms with Crippen LogP contribution in [0.3, 0.4) is 0 Å². The van der Waals surface area contributed by atoms with Crippen LogP contribution in [0.2, 0.25) is 0 Å². The fourth-order valence-electron chi connectivity index (χ4n) is 15.9. The van der Waals surface area contributed by atoms with Gasteiger partial charge in [0.2, 0.25) is 0 Å². The predicted molar refractivity (Wildman–Crippen MR) is 497 cm³/mol. The van der Waals surface area contributed by atoms with E-state index >= 15 is 0 Å². The minimum atomic E-state index is 0.627. The summed E-state index contributed by atoms with van der Waals surface area (Å²) in [6, 6.07) is 137. The lowest BCUT2D eigenvalue weighted by Gasteiger charge is -2.13. The lowest BCUT2D eigenvalue weighted by Crippen LogP contribution is -2.03. The van der Waals surface area contributed by atoms with Crippen molar-refractivity contribution in [3.8, 4) is 154 Å². The Labute approximate surface area is 717 Å². The molecule has 0 fully saturated rings. The molecule has 125 heavy (non-hydrogen) atoms. The first-order valence-electron chi connectivity index (χ1n) is 40.9. The smallest absolute Gasteiger partial charge is 0.187 e. The molecule has 18 nitrogen and oxygen atoms in total. The van der Waals surface area contributed by atoms with Gasteiger partial charge < -0.3 is 0 Å². The molecule has 11 aromatic carbocycles. The molecule has 0 saturated carbocycles. The van der Waals surface area contributed by atoms with E-state index in [1.165, 1.54) is 48.5 Å². The number of nitrogens with zero attached hydrogens (tertiary/aromatic N) is 18. The van der Waals surface area contributed by atoms with E-state index in [-0.39, 0.29) is 0 Å². The second-order valence-corrected chi connectivity index (χ2v) is 29.6. The Morgan fingerprint density at radius 1 is 0.152 bits per heavy atom. The number of hydrogen-bond acceptors (Lipinski definition) is 15. The van der Waals surface area contributed by atoms with Crippen LogP contribution in [0.5, 0.6) is 0 Å². The number of benzene rings is 11. The van der Waals surface area contributed by atoms with Gasteiger partial charge in [-0.1, -0.05) is 243 Å². The van der Waals surface area contributed by atoms with E-state index in [1.807, 2.05) is 262 Å². The summed E-state index contributed by atoms with van der Waals surface area (Å²) < 4.78 is 6.05. The van der Waals surface area contributed by atoms with E-state index in [2.05, 4.69) is 203 Å². The summed E-state index contributed by atoms with van der Waals surface area (Å²) >= 11 is 0. The molecule has 18 heteroatoms. The van der Waals surface area contributed by atoms with Gasteiger partial charge in [-0.05, 0) is 218 Å². The highest BCUT2D eigenvalue weighted by Crippen LogP contribution is 2.39. The number of aromatic nitrogens is 18. The van der Waals surface area contributed by atoms with Gasteiger partial charge in [0, 0.05) is 52.3 Å². The Morgan fingerprint density at radius 2 is 0.424 bits per heavy atom. The van der Waals surface area contributed by atoms with E-state index < -0.39 is 0 Å². The molecule has 0 unspecified atom stereocenters. The normalized spacial score (nSPS) is 11.2. The van der Waals surface area contributed by atoms with Gasteiger partial charge in [-0.2, -0.15) is 0 Å². The average molecular weight is 1610 g/mol. The maximum atomic E-state index is 5.17. The monoisotopic (exact) mass is 1610 g/mol. The SMILES string of the molecule is c1ccc(-n2c(-c3cccc(-c4ccc5c(ccc6ccccc65)c4)n3)nnc2-c2cccc(-c3ccccn3)n2)cc1.c1ccc(-n2c(-c3cccc(-c4ccc5ccccc5c4)n3)nnc2-c2cccc(-c3ccccn3)n2)cc1.c1ccc(-n2c(-c3cccc(-c4ccccn4)n3)nnc2-c2cccc(-c3cc4ccccc4c4ccccc34)n2)cc1. The van der Waals surface area contributed by atoms with Crippen LogP contribution in [0.25, 0.3) is 208 Å². The molecule has 0 aliphatic carbocycles. The van der Waals surface area contributed by atoms with Crippen LogP contribution >= 0.6 is 0 Å². The molecule has 0 atom stereocenters. The summed E-state index contributed by atoms with van der Waals surface area (Å²) in [4.78, 5) is 43.4. The zero-order chi connectivity index (χ0) is 83.2. The van der Waals surface area contributed by atoms with Crippen LogP contribution in [0.15, 0.2) is 425 Å². The minimum Gasteiger partial charge on any atom is -0.272 e. The number of hydrogen-bond donors (Lipinski definition) is 0. The van der Waals surface area contributed by atoms with Crippen molar-refractivity contribution in [2.24, 2.45) is 0 Å². The van der Waals surface area contributed by atoms with Gasteiger partial charge in [-0.3, -0.25) is 28.7 Å². The van der Waals surface area contributed by atoms with Crippen molar-refractivity contribution < 1.29 is 0 Å². The topological polar surface area (TPSA) is 208 Å². The molecule has 12 aromatic heterocycles. The fourth-order valence-corrected chi connectivity index (χ4v) is 15.9. The predicted octanol–water partition coefficient (Wildman–Crippen LogP) is 24.1. The Kier molecular flexibility index (Phi) is 20.2. The first kappa shape index (κ1) is 75.0. The summed E-state index contributed by atoms with van der Waals surface area (Å²) in [5, 5.41) is 39.9.